The molecule has 0 aliphatic carbocycles. The van der Waals surface area contributed by atoms with Crippen LogP contribution in [0.4, 0.5) is 0 Å². The Balaban J connectivity index is 3.88. The summed E-state index contributed by atoms with van der Waals surface area (Å²) in [4.78, 5) is 10.4. The highest BCUT2D eigenvalue weighted by Gasteiger charge is 2.25. The molecular weight excluding hydrogens is 156 g/mol. The average Bonchev–Trinajstić information content (AvgIpc) is 1.98. The maximum Gasteiger partial charge on any atom is 0.339 e. The number of carboxylic acid groups (broad SMARTS) is 1. The van der Waals surface area contributed by atoms with E-state index in [0.29, 0.717) is 0 Å². The zero-order valence-electron chi connectivity index (χ0n) is 7.58. The van der Waals surface area contributed by atoms with Gasteiger partial charge in [-0.3, -0.25) is 0 Å². The molecule has 0 amide bonds. The summed E-state index contributed by atoms with van der Waals surface area (Å²) < 4.78 is 0. The van der Waals surface area contributed by atoms with Crippen LogP contribution in [0.3, 0.4) is 0 Å². The van der Waals surface area contributed by atoms with Crippen LogP contribution in [0.15, 0.2) is 12.2 Å². The molecule has 3 nitrogen and oxygen atoms in total. The van der Waals surface area contributed by atoms with Crippen molar-refractivity contribution in [3.05, 3.63) is 12.2 Å². The first-order valence-electron chi connectivity index (χ1n) is 4.14. The normalized spacial score (nSPS) is 16.2. The maximum atomic E-state index is 10.4. The molecule has 0 aromatic heterocycles. The summed E-state index contributed by atoms with van der Waals surface area (Å²) in [6, 6.07) is 0. The van der Waals surface area contributed by atoms with Gasteiger partial charge in [-0.2, -0.15) is 0 Å². The highest BCUT2D eigenvalue weighted by molar-refractivity contribution is 5.78. The number of carbonyl (C=O) groups is 1. The zero-order valence-corrected chi connectivity index (χ0v) is 7.58. The maximum absolute atomic E-state index is 10.4. The van der Waals surface area contributed by atoms with Crippen LogP contribution in [0.2, 0.25) is 0 Å². The van der Waals surface area contributed by atoms with Crippen molar-refractivity contribution >= 4 is 5.97 Å². The van der Waals surface area contributed by atoms with Crippen LogP contribution in [-0.2, 0) is 4.79 Å². The van der Waals surface area contributed by atoms with Crippen LogP contribution in [-0.4, -0.2) is 21.8 Å². The molecule has 0 aliphatic rings. The van der Waals surface area contributed by atoms with E-state index in [2.05, 4.69) is 6.92 Å². The van der Waals surface area contributed by atoms with E-state index in [1.165, 1.54) is 13.0 Å². The molecule has 0 bridgehead atoms. The van der Waals surface area contributed by atoms with Crippen LogP contribution in [0, 0.1) is 0 Å². The van der Waals surface area contributed by atoms with Crippen LogP contribution < -0.4 is 0 Å². The Hall–Kier alpha value is -0.830. The number of hydrogen-bond acceptors (Lipinski definition) is 2. The number of carboxylic acids is 1. The summed E-state index contributed by atoms with van der Waals surface area (Å²) in [6.07, 6.45) is 5.94. The summed E-state index contributed by atoms with van der Waals surface area (Å²) in [5.41, 5.74) is -1.71. The molecule has 0 aliphatic heterocycles. The van der Waals surface area contributed by atoms with Crippen molar-refractivity contribution in [3.63, 3.8) is 0 Å². The third-order valence-electron chi connectivity index (χ3n) is 1.60. The van der Waals surface area contributed by atoms with Gasteiger partial charge >= 0.3 is 5.97 Å². The minimum absolute atomic E-state index is 0.819. The molecule has 0 spiro atoms. The quantitative estimate of drug-likeness (QED) is 0.489. The van der Waals surface area contributed by atoms with Gasteiger partial charge in [-0.15, -0.1) is 0 Å². The Morgan fingerprint density at radius 3 is 2.58 bits per heavy atom. The van der Waals surface area contributed by atoms with Crippen LogP contribution >= 0.6 is 0 Å². The van der Waals surface area contributed by atoms with Crippen molar-refractivity contribution < 1.29 is 15.0 Å². The second kappa shape index (κ2) is 4.93. The van der Waals surface area contributed by atoms with E-state index in [-0.39, 0.29) is 0 Å². The molecule has 0 aromatic rings. The van der Waals surface area contributed by atoms with Gasteiger partial charge < -0.3 is 10.2 Å². The molecule has 0 radical (unpaired) electrons. The van der Waals surface area contributed by atoms with E-state index in [0.717, 1.165) is 19.3 Å². The SMILES string of the molecule is CCCCC=CC(C)(O)C(=O)O. The Bertz CT molecular complexity index is 171. The van der Waals surface area contributed by atoms with Gasteiger partial charge in [-0.25, -0.2) is 4.79 Å². The highest BCUT2D eigenvalue weighted by atomic mass is 16.4. The van der Waals surface area contributed by atoms with Crippen LogP contribution in [0.25, 0.3) is 0 Å². The van der Waals surface area contributed by atoms with Crippen molar-refractivity contribution in [1.82, 2.24) is 0 Å². The Morgan fingerprint density at radius 2 is 2.17 bits per heavy atom. The van der Waals surface area contributed by atoms with Crippen LogP contribution in [0.5, 0.6) is 0 Å². The van der Waals surface area contributed by atoms with Crippen molar-refractivity contribution in [2.45, 2.75) is 38.7 Å². The fourth-order valence-corrected chi connectivity index (χ4v) is 0.706. The van der Waals surface area contributed by atoms with Gasteiger partial charge in [0.2, 0.25) is 0 Å². The summed E-state index contributed by atoms with van der Waals surface area (Å²) >= 11 is 0. The van der Waals surface area contributed by atoms with Gasteiger partial charge in [0.15, 0.2) is 5.60 Å². The van der Waals surface area contributed by atoms with Gasteiger partial charge in [0.25, 0.3) is 0 Å². The molecule has 0 fully saturated rings. The minimum atomic E-state index is -1.71. The molecule has 0 rings (SSSR count). The van der Waals surface area contributed by atoms with Gasteiger partial charge in [-0.1, -0.05) is 25.8 Å². The lowest BCUT2D eigenvalue weighted by Gasteiger charge is -2.11. The zero-order chi connectivity index (χ0) is 9.61. The molecule has 0 aromatic carbocycles. The van der Waals surface area contributed by atoms with E-state index < -0.39 is 11.6 Å². The van der Waals surface area contributed by atoms with E-state index in [4.69, 9.17) is 5.11 Å². The predicted octanol–water partition coefficient (Wildman–Crippen LogP) is 1.57. The van der Waals surface area contributed by atoms with Crippen molar-refractivity contribution in [2.24, 2.45) is 0 Å². The Morgan fingerprint density at radius 1 is 1.58 bits per heavy atom. The average molecular weight is 172 g/mol. The largest absolute Gasteiger partial charge is 0.479 e. The number of aliphatic carboxylic acids is 1. The predicted molar refractivity (Wildman–Crippen MR) is 46.9 cm³/mol. The molecule has 0 saturated heterocycles. The van der Waals surface area contributed by atoms with E-state index in [1.807, 2.05) is 0 Å². The first-order chi connectivity index (χ1) is 5.50. The molecule has 0 heterocycles. The topological polar surface area (TPSA) is 57.5 Å². The lowest BCUT2D eigenvalue weighted by Crippen LogP contribution is -2.32. The van der Waals surface area contributed by atoms with Crippen LogP contribution in [0.1, 0.15) is 33.1 Å². The van der Waals surface area contributed by atoms with Gasteiger partial charge in [0.1, 0.15) is 0 Å². The van der Waals surface area contributed by atoms with Gasteiger partial charge in [0.05, 0.1) is 0 Å². The highest BCUT2D eigenvalue weighted by Crippen LogP contribution is 2.06. The summed E-state index contributed by atoms with van der Waals surface area (Å²) in [6.45, 7) is 3.32. The van der Waals surface area contributed by atoms with E-state index in [9.17, 15) is 9.90 Å². The fraction of sp³-hybridized carbons (Fsp3) is 0.667. The summed E-state index contributed by atoms with van der Waals surface area (Å²) in [5, 5.41) is 17.7. The summed E-state index contributed by atoms with van der Waals surface area (Å²) in [5.74, 6) is -1.21. The van der Waals surface area contributed by atoms with Gasteiger partial charge in [0, 0.05) is 0 Å². The van der Waals surface area contributed by atoms with Crippen molar-refractivity contribution in [3.8, 4) is 0 Å². The van der Waals surface area contributed by atoms with E-state index in [1.54, 1.807) is 6.08 Å². The summed E-state index contributed by atoms with van der Waals surface area (Å²) in [7, 11) is 0. The molecule has 12 heavy (non-hydrogen) atoms. The van der Waals surface area contributed by atoms with Crippen molar-refractivity contribution in [2.75, 3.05) is 0 Å². The molecule has 1 unspecified atom stereocenters. The third-order valence-corrected chi connectivity index (χ3v) is 1.60. The third kappa shape index (κ3) is 4.13. The molecule has 1 atom stereocenters. The number of hydrogen-bond donors (Lipinski definition) is 2. The first kappa shape index (κ1) is 11.2. The standard InChI is InChI=1S/C9H16O3/c1-3-4-5-6-7-9(2,12)8(10)11/h6-7,12H,3-5H2,1-2H3,(H,10,11). The Kier molecular flexibility index (Phi) is 4.59. The lowest BCUT2D eigenvalue weighted by atomic mass is 10.1. The van der Waals surface area contributed by atoms with Crippen molar-refractivity contribution in [1.29, 1.82) is 0 Å². The molecular formula is C9H16O3. The fourth-order valence-electron chi connectivity index (χ4n) is 0.706. The minimum Gasteiger partial charge on any atom is -0.479 e. The first-order valence-corrected chi connectivity index (χ1v) is 4.14. The monoisotopic (exact) mass is 172 g/mol. The number of unbranched alkanes of at least 4 members (excludes halogenated alkanes) is 2. The second-order valence-electron chi connectivity index (χ2n) is 3.00. The molecule has 0 saturated carbocycles. The lowest BCUT2D eigenvalue weighted by molar-refractivity contribution is -0.151. The molecule has 3 heteroatoms. The Labute approximate surface area is 72.7 Å². The molecule has 70 valence electrons. The number of rotatable bonds is 5. The molecule has 2 N–H and O–H groups in total. The smallest absolute Gasteiger partial charge is 0.339 e. The number of allylic oxidation sites excluding steroid dienone is 1. The second-order valence-corrected chi connectivity index (χ2v) is 3.00. The van der Waals surface area contributed by atoms with Gasteiger partial charge in [-0.05, 0) is 19.4 Å². The number of aliphatic hydroxyl groups is 1. The van der Waals surface area contributed by atoms with E-state index >= 15 is 0 Å².